The zero-order valence-electron chi connectivity index (χ0n) is 54.6. The number of oxazole rings is 2. The van der Waals surface area contributed by atoms with Gasteiger partial charge in [0.25, 0.3) is 0 Å². The second-order valence-corrected chi connectivity index (χ2v) is 25.8. The van der Waals surface area contributed by atoms with Crippen LogP contribution in [0.1, 0.15) is 127 Å². The number of carbonyl (C=O) groups is 6. The quantitative estimate of drug-likeness (QED) is 0.0713. The van der Waals surface area contributed by atoms with Crippen LogP contribution in [0.4, 0.5) is 79.5 Å². The van der Waals surface area contributed by atoms with E-state index in [1.165, 1.54) is 56.3 Å². The number of aromatic nitrogens is 9. The van der Waals surface area contributed by atoms with Crippen LogP contribution in [0.15, 0.2) is 107 Å². The fourth-order valence-electron chi connectivity index (χ4n) is 13.3. The molecule has 0 unspecified atom stereocenters. The Kier molecular flexibility index (Phi) is 18.2. The number of nitrogens with zero attached hydrogens (tertiary/aromatic N) is 15. The number of pyridine rings is 5. The maximum atomic E-state index is 13.5. The highest BCUT2D eigenvalue weighted by Crippen LogP contribution is 2.44. The second-order valence-electron chi connectivity index (χ2n) is 25.8. The number of ketones is 3. The third-order valence-corrected chi connectivity index (χ3v) is 18.8. The first-order valence-electron chi connectivity index (χ1n) is 33.2. The monoisotopic (exact) mass is 1350 g/mol. The van der Waals surface area contributed by atoms with E-state index in [0.29, 0.717) is 119 Å². The van der Waals surface area contributed by atoms with Crippen molar-refractivity contribution >= 4 is 87.4 Å². The van der Waals surface area contributed by atoms with Crippen molar-refractivity contribution in [3.63, 3.8) is 0 Å². The summed E-state index contributed by atoms with van der Waals surface area (Å²) < 4.78 is 53.9. The number of carbonyl (C=O) groups excluding carboxylic acids is 6. The maximum absolute atomic E-state index is 13.5. The van der Waals surface area contributed by atoms with Gasteiger partial charge in [0, 0.05) is 102 Å². The fraction of sp³-hybridized carbons (Fsp3) is 0.406. The van der Waals surface area contributed by atoms with E-state index in [2.05, 4.69) is 65.6 Å². The standard InChI is InChI=1S/C25H26N6O3.C23H21F3N6O3.C21H24N6O3/c1-15-27-13-22(34-15)17-8-10-26-23(12-17)29-25(33)31-18-9-11-30(14-18)20-6-5-19(28-24(20)31)21(32)7-4-16-2-3-16;1-13-28-11-19(35-13)14-5-8-27-20(10-14)30-22(34)32-15-6-9-31(12-15)17-3-2-16(29-21(17)32)18(33)4-7-23(24,25)26;1-30-19-10-18(22-12-23-19)25-21(29)27-14-8-9-26(11-14)16-6-5-15(24-20(16)27)17(28)7-4-13-2-3-13/h5-6,8,10,12-13,16,18H,2-4,7,9,11,14H2,1H3,(H,26,29,33);2-3,5,8,10-11,15H,4,6-7,9,12H2,1H3,(H,27,30,34);5-6,10,12-14H,2-4,7-9,11H2,1H3,(H,22,23,25,29)/t18-;15-;14-/m000/s1. The summed E-state index contributed by atoms with van der Waals surface area (Å²) in [4.78, 5) is 128. The van der Waals surface area contributed by atoms with Gasteiger partial charge in [0.2, 0.25) is 5.88 Å². The lowest BCUT2D eigenvalue weighted by Crippen LogP contribution is -2.48. The molecule has 3 atom stereocenters. The molecule has 2 saturated carbocycles. The van der Waals surface area contributed by atoms with Crippen LogP contribution in [0, 0.1) is 25.7 Å². The topological polar surface area (TPSA) is 309 Å². The number of nitrogens with one attached hydrogen (secondary N) is 3. The number of methoxy groups -OCH3 is 1. The summed E-state index contributed by atoms with van der Waals surface area (Å²) in [6, 6.07) is 17.7. The number of hydrogen-bond acceptors (Lipinski definition) is 21. The molecule has 5 fully saturated rings. The molecule has 2 aliphatic carbocycles. The molecule has 512 valence electrons. The van der Waals surface area contributed by atoms with E-state index in [4.69, 9.17) is 18.6 Å². The van der Waals surface area contributed by atoms with Gasteiger partial charge < -0.3 is 28.3 Å². The molecule has 3 saturated heterocycles. The minimum absolute atomic E-state index is 0.00285. The Morgan fingerprint density at radius 2 is 0.899 bits per heavy atom. The number of Topliss-reactive ketones (excluding diaryl/α,β-unsaturated/α-hetero) is 3. The summed E-state index contributed by atoms with van der Waals surface area (Å²) in [6.45, 7) is 8.02. The number of amides is 6. The molecule has 8 aliphatic rings. The van der Waals surface area contributed by atoms with Crippen LogP contribution in [0.25, 0.3) is 22.6 Å². The van der Waals surface area contributed by atoms with Crippen molar-refractivity contribution in [2.24, 2.45) is 11.8 Å². The van der Waals surface area contributed by atoms with Crippen molar-refractivity contribution in [3.05, 3.63) is 127 Å². The number of hydrogen-bond donors (Lipinski definition) is 3. The van der Waals surface area contributed by atoms with Gasteiger partial charge in [-0.25, -0.2) is 59.2 Å². The van der Waals surface area contributed by atoms with Gasteiger partial charge in [-0.3, -0.25) is 45.0 Å². The molecule has 8 aromatic heterocycles. The molecule has 6 amide bonds. The summed E-state index contributed by atoms with van der Waals surface area (Å²) in [7, 11) is 1.51. The normalized spacial score (nSPS) is 18.3. The molecule has 30 heteroatoms. The number of anilines is 9. The zero-order chi connectivity index (χ0) is 68.6. The number of halogens is 3. The number of aryl methyl sites for hydroxylation is 2. The van der Waals surface area contributed by atoms with Gasteiger partial charge in [-0.05, 0) is 105 Å². The molecule has 0 aromatic carbocycles. The lowest BCUT2D eigenvalue weighted by molar-refractivity contribution is -0.133. The molecule has 14 heterocycles. The average molecular weight is 1350 g/mol. The molecule has 27 nitrogen and oxygen atoms in total. The molecule has 99 heavy (non-hydrogen) atoms. The smallest absolute Gasteiger partial charge is 0.389 e. The minimum atomic E-state index is -4.44. The largest absolute Gasteiger partial charge is 0.481 e. The number of urea groups is 3. The van der Waals surface area contributed by atoms with Crippen LogP contribution < -0.4 is 50.1 Å². The Hall–Kier alpha value is -10.9. The van der Waals surface area contributed by atoms with Crippen LogP contribution in [-0.2, 0) is 0 Å². The number of ether oxygens (including phenoxy) is 1. The van der Waals surface area contributed by atoms with E-state index in [-0.39, 0.29) is 59.1 Å². The molecule has 3 N–H and O–H groups in total. The third kappa shape index (κ3) is 14.7. The van der Waals surface area contributed by atoms with Gasteiger partial charge in [-0.1, -0.05) is 25.7 Å². The Balaban J connectivity index is 0.000000127. The SMILES string of the molecule is COc1cc(NC(=O)N2c3nc(C(=O)CCC4CC4)ccc3N3CC[C@H]2C3)ncn1.Cc1ncc(-c2ccnc(NC(=O)N3c4nc(C(=O)CCC(F)(F)F)ccc4N4CC[C@H]3C4)c2)o1.Cc1ncc(-c2ccnc(NC(=O)N3c4nc(C(=O)CCC5CC5)ccc4N4CC[C@H]3C4)c2)o1. The second kappa shape index (κ2) is 27.5. The van der Waals surface area contributed by atoms with Gasteiger partial charge in [0.15, 0.2) is 58.1 Å². The zero-order valence-corrected chi connectivity index (χ0v) is 54.6. The molecule has 16 rings (SSSR count). The lowest BCUT2D eigenvalue weighted by atomic mass is 10.1. The molecule has 0 radical (unpaired) electrons. The molecule has 6 aliphatic heterocycles. The highest BCUT2D eigenvalue weighted by atomic mass is 19.4. The van der Waals surface area contributed by atoms with Gasteiger partial charge in [-0.15, -0.1) is 0 Å². The van der Waals surface area contributed by atoms with E-state index in [0.717, 1.165) is 68.8 Å². The Bertz CT molecular complexity index is 4430. The number of fused-ring (bicyclic) bond motifs is 12. The third-order valence-electron chi connectivity index (χ3n) is 18.8. The molecule has 6 bridgehead atoms. The van der Waals surface area contributed by atoms with Crippen molar-refractivity contribution in [3.8, 4) is 28.5 Å². The predicted molar refractivity (Wildman–Crippen MR) is 359 cm³/mol. The maximum Gasteiger partial charge on any atom is 0.389 e. The Morgan fingerprint density at radius 1 is 0.505 bits per heavy atom. The van der Waals surface area contributed by atoms with Crippen LogP contribution in [0.3, 0.4) is 0 Å². The minimum Gasteiger partial charge on any atom is -0.481 e. The first-order chi connectivity index (χ1) is 47.8. The van der Waals surface area contributed by atoms with Crippen LogP contribution in [0.2, 0.25) is 0 Å². The summed E-state index contributed by atoms with van der Waals surface area (Å²) in [5.41, 5.74) is 4.64. The Morgan fingerprint density at radius 3 is 1.26 bits per heavy atom. The van der Waals surface area contributed by atoms with Gasteiger partial charge >= 0.3 is 24.3 Å². The van der Waals surface area contributed by atoms with Gasteiger partial charge in [-0.2, -0.15) is 13.2 Å². The Labute approximate surface area is 566 Å². The van der Waals surface area contributed by atoms with Crippen LogP contribution in [-0.4, -0.2) is 151 Å². The van der Waals surface area contributed by atoms with E-state index >= 15 is 0 Å². The highest BCUT2D eigenvalue weighted by Gasteiger charge is 2.44. The fourth-order valence-corrected chi connectivity index (χ4v) is 13.3. The summed E-state index contributed by atoms with van der Waals surface area (Å²) in [5, 5.41) is 8.51. The molecular weight excluding hydrogens is 1280 g/mol. The summed E-state index contributed by atoms with van der Waals surface area (Å²) in [6.07, 6.45) is 11.5. The van der Waals surface area contributed by atoms with E-state index < -0.39 is 30.8 Å². The average Bonchev–Trinajstić information content (AvgIpc) is 1.75. The van der Waals surface area contributed by atoms with Gasteiger partial charge in [0.1, 0.15) is 40.9 Å². The van der Waals surface area contributed by atoms with Crippen molar-refractivity contribution in [1.29, 1.82) is 0 Å². The number of alkyl halides is 3. The van der Waals surface area contributed by atoms with Crippen molar-refractivity contribution in [2.45, 2.75) is 122 Å². The first-order valence-corrected chi connectivity index (χ1v) is 33.2. The lowest BCUT2D eigenvalue weighted by Gasteiger charge is -2.35. The van der Waals surface area contributed by atoms with Gasteiger partial charge in [0.05, 0.1) is 61.1 Å². The molecule has 8 aromatic rings. The van der Waals surface area contributed by atoms with Crippen LogP contribution in [0.5, 0.6) is 5.88 Å². The summed E-state index contributed by atoms with van der Waals surface area (Å²) >= 11 is 0. The molecule has 0 spiro atoms. The highest BCUT2D eigenvalue weighted by molar-refractivity contribution is 6.08. The van der Waals surface area contributed by atoms with Crippen molar-refractivity contribution < 1.29 is 55.5 Å². The van der Waals surface area contributed by atoms with E-state index in [1.807, 2.05) is 23.1 Å². The van der Waals surface area contributed by atoms with E-state index in [1.54, 1.807) is 84.7 Å². The predicted octanol–water partition coefficient (Wildman–Crippen LogP) is 11.9. The van der Waals surface area contributed by atoms with Crippen molar-refractivity contribution in [1.82, 2.24) is 44.9 Å². The summed E-state index contributed by atoms with van der Waals surface area (Å²) in [5.74, 6) is 5.70. The van der Waals surface area contributed by atoms with E-state index in [9.17, 15) is 41.9 Å². The van der Waals surface area contributed by atoms with Crippen LogP contribution >= 0.6 is 0 Å². The van der Waals surface area contributed by atoms with Crippen molar-refractivity contribution in [2.75, 3.05) is 91.7 Å². The first kappa shape index (κ1) is 65.4. The number of rotatable bonds is 17. The molecular formula is C69H71F3N18O9.